The number of fused-ring (bicyclic) bond motifs is 1. The lowest BCUT2D eigenvalue weighted by Gasteiger charge is -2.17. The molecule has 3 nitrogen and oxygen atoms in total. The van der Waals surface area contributed by atoms with Gasteiger partial charge >= 0.3 is 0 Å². The van der Waals surface area contributed by atoms with E-state index in [0.29, 0.717) is 12.5 Å². The van der Waals surface area contributed by atoms with E-state index in [-0.39, 0.29) is 6.04 Å². The molecule has 4 heteroatoms. The van der Waals surface area contributed by atoms with Gasteiger partial charge in [-0.05, 0) is 26.0 Å². The number of hydrogen-bond acceptors (Lipinski definition) is 2. The first kappa shape index (κ1) is 13.4. The van der Waals surface area contributed by atoms with Crippen molar-refractivity contribution < 1.29 is 4.74 Å². The highest BCUT2D eigenvalue weighted by molar-refractivity contribution is 6.17. The van der Waals surface area contributed by atoms with Crippen molar-refractivity contribution in [3.63, 3.8) is 0 Å². The number of imidazole rings is 1. The van der Waals surface area contributed by atoms with E-state index in [0.717, 1.165) is 29.9 Å². The Balaban J connectivity index is 2.40. The molecule has 0 aliphatic heterocycles. The maximum atomic E-state index is 5.86. The minimum Gasteiger partial charge on any atom is -0.380 e. The average Bonchev–Trinajstić information content (AvgIpc) is 2.74. The Morgan fingerprint density at radius 1 is 1.39 bits per heavy atom. The molecule has 1 heterocycles. The molecule has 0 bridgehead atoms. The predicted octanol–water partition coefficient (Wildman–Crippen LogP) is 3.42. The third-order valence-corrected chi connectivity index (χ3v) is 3.18. The van der Waals surface area contributed by atoms with Gasteiger partial charge in [-0.25, -0.2) is 4.98 Å². The van der Waals surface area contributed by atoms with Gasteiger partial charge in [0.05, 0.1) is 23.7 Å². The van der Waals surface area contributed by atoms with Crippen molar-refractivity contribution in [3.05, 3.63) is 30.1 Å². The summed E-state index contributed by atoms with van der Waals surface area (Å²) in [6.07, 6.45) is 0.784. The summed E-state index contributed by atoms with van der Waals surface area (Å²) in [6, 6.07) is 8.46. The van der Waals surface area contributed by atoms with Crippen LogP contribution in [0.2, 0.25) is 0 Å². The molecule has 1 aromatic heterocycles. The maximum absolute atomic E-state index is 5.86. The van der Waals surface area contributed by atoms with Gasteiger partial charge in [0.25, 0.3) is 0 Å². The summed E-state index contributed by atoms with van der Waals surface area (Å²) in [7, 11) is 0. The van der Waals surface area contributed by atoms with Gasteiger partial charge in [0.15, 0.2) is 0 Å². The van der Waals surface area contributed by atoms with Gasteiger partial charge in [-0.15, -0.1) is 11.6 Å². The molecule has 0 radical (unpaired) electrons. The van der Waals surface area contributed by atoms with Crippen LogP contribution in [0.15, 0.2) is 24.3 Å². The fourth-order valence-electron chi connectivity index (χ4n) is 2.21. The molecule has 0 aliphatic carbocycles. The molecule has 1 atom stereocenters. The molecule has 0 saturated carbocycles. The Morgan fingerprint density at radius 2 is 2.17 bits per heavy atom. The number of aryl methyl sites for hydroxylation is 1. The molecule has 0 amide bonds. The minimum atomic E-state index is 0.274. The van der Waals surface area contributed by atoms with Crippen LogP contribution in [0.1, 0.15) is 25.7 Å². The lowest BCUT2D eigenvalue weighted by molar-refractivity contribution is 0.119. The molecule has 1 aromatic carbocycles. The summed E-state index contributed by atoms with van der Waals surface area (Å²) in [6.45, 7) is 5.61. The van der Waals surface area contributed by atoms with E-state index < -0.39 is 0 Å². The van der Waals surface area contributed by atoms with Crippen molar-refractivity contribution in [1.29, 1.82) is 0 Å². The zero-order chi connectivity index (χ0) is 13.0. The molecule has 0 spiro atoms. The van der Waals surface area contributed by atoms with E-state index in [9.17, 15) is 0 Å². The number of para-hydroxylation sites is 2. The van der Waals surface area contributed by atoms with Crippen LogP contribution in [0, 0.1) is 0 Å². The Labute approximate surface area is 113 Å². The van der Waals surface area contributed by atoms with Crippen LogP contribution in [0.25, 0.3) is 11.0 Å². The van der Waals surface area contributed by atoms with Gasteiger partial charge in [-0.2, -0.15) is 0 Å². The smallest absolute Gasteiger partial charge is 0.111 e. The molecule has 0 N–H and O–H groups in total. The van der Waals surface area contributed by atoms with Crippen LogP contribution in [0.3, 0.4) is 0 Å². The van der Waals surface area contributed by atoms with E-state index >= 15 is 0 Å². The topological polar surface area (TPSA) is 27.1 Å². The van der Waals surface area contributed by atoms with Gasteiger partial charge in [-0.1, -0.05) is 12.1 Å². The third-order valence-electron chi connectivity index (χ3n) is 2.99. The summed E-state index contributed by atoms with van der Waals surface area (Å²) in [4.78, 5) is 4.65. The van der Waals surface area contributed by atoms with Crippen LogP contribution in [0.5, 0.6) is 0 Å². The Bertz CT molecular complexity index is 509. The number of rotatable bonds is 6. The minimum absolute atomic E-state index is 0.274. The van der Waals surface area contributed by atoms with Gasteiger partial charge in [0.2, 0.25) is 0 Å². The standard InChI is InChI=1S/C14H19ClN2O/c1-3-18-10-11(2)17-13-7-5-4-6-12(13)16-14(17)8-9-15/h4-7,11H,3,8-10H2,1-2H3. The second-order valence-corrected chi connectivity index (χ2v) is 4.71. The predicted molar refractivity (Wildman–Crippen MR) is 75.4 cm³/mol. The summed E-state index contributed by atoms with van der Waals surface area (Å²) in [5.74, 6) is 1.63. The second-order valence-electron chi connectivity index (χ2n) is 4.33. The molecule has 0 aliphatic rings. The molecule has 2 rings (SSSR count). The molecule has 1 unspecified atom stereocenters. The SMILES string of the molecule is CCOCC(C)n1c(CCCl)nc2ccccc21. The zero-order valence-electron chi connectivity index (χ0n) is 10.9. The van der Waals surface area contributed by atoms with Gasteiger partial charge in [0, 0.05) is 18.9 Å². The lowest BCUT2D eigenvalue weighted by atomic mass is 10.2. The van der Waals surface area contributed by atoms with E-state index in [2.05, 4.69) is 22.5 Å². The first-order valence-electron chi connectivity index (χ1n) is 6.37. The van der Waals surface area contributed by atoms with Crippen molar-refractivity contribution in [2.75, 3.05) is 19.1 Å². The highest BCUT2D eigenvalue weighted by atomic mass is 35.5. The third kappa shape index (κ3) is 2.68. The number of ether oxygens (including phenoxy) is 1. The summed E-state index contributed by atoms with van der Waals surface area (Å²) >= 11 is 5.86. The molecule has 0 fully saturated rings. The summed E-state index contributed by atoms with van der Waals surface area (Å²) in [5.41, 5.74) is 2.19. The Morgan fingerprint density at radius 3 is 2.89 bits per heavy atom. The fourth-order valence-corrected chi connectivity index (χ4v) is 2.38. The van der Waals surface area contributed by atoms with Gasteiger partial charge in [-0.3, -0.25) is 0 Å². The first-order valence-corrected chi connectivity index (χ1v) is 6.91. The lowest BCUT2D eigenvalue weighted by Crippen LogP contribution is -2.15. The molecule has 2 aromatic rings. The van der Waals surface area contributed by atoms with Gasteiger partial charge < -0.3 is 9.30 Å². The van der Waals surface area contributed by atoms with Crippen LogP contribution >= 0.6 is 11.6 Å². The maximum Gasteiger partial charge on any atom is 0.111 e. The highest BCUT2D eigenvalue weighted by Gasteiger charge is 2.15. The van der Waals surface area contributed by atoms with Crippen LogP contribution < -0.4 is 0 Å². The summed E-state index contributed by atoms with van der Waals surface area (Å²) in [5, 5.41) is 0. The largest absolute Gasteiger partial charge is 0.380 e. The highest BCUT2D eigenvalue weighted by Crippen LogP contribution is 2.22. The Hall–Kier alpha value is -1.06. The quantitative estimate of drug-likeness (QED) is 0.749. The van der Waals surface area contributed by atoms with Gasteiger partial charge in [0.1, 0.15) is 5.82 Å². The van der Waals surface area contributed by atoms with Crippen molar-refractivity contribution in [1.82, 2.24) is 9.55 Å². The number of benzene rings is 1. The number of aromatic nitrogens is 2. The van der Waals surface area contributed by atoms with E-state index in [4.69, 9.17) is 16.3 Å². The fraction of sp³-hybridized carbons (Fsp3) is 0.500. The second kappa shape index (κ2) is 6.21. The first-order chi connectivity index (χ1) is 8.77. The molecular weight excluding hydrogens is 248 g/mol. The number of hydrogen-bond donors (Lipinski definition) is 0. The number of nitrogens with zero attached hydrogens (tertiary/aromatic N) is 2. The van der Waals surface area contributed by atoms with E-state index in [1.807, 2.05) is 25.1 Å². The van der Waals surface area contributed by atoms with Crippen LogP contribution in [-0.4, -0.2) is 28.6 Å². The normalized spacial score (nSPS) is 13.1. The van der Waals surface area contributed by atoms with Crippen LogP contribution in [0.4, 0.5) is 0 Å². The van der Waals surface area contributed by atoms with Crippen molar-refractivity contribution in [2.24, 2.45) is 0 Å². The Kier molecular flexibility index (Phi) is 4.61. The zero-order valence-corrected chi connectivity index (χ0v) is 11.7. The monoisotopic (exact) mass is 266 g/mol. The van der Waals surface area contributed by atoms with Crippen molar-refractivity contribution >= 4 is 22.6 Å². The van der Waals surface area contributed by atoms with E-state index in [1.54, 1.807) is 0 Å². The average molecular weight is 267 g/mol. The molecule has 98 valence electrons. The summed E-state index contributed by atoms with van der Waals surface area (Å²) < 4.78 is 7.76. The molecule has 18 heavy (non-hydrogen) atoms. The molecule has 0 saturated heterocycles. The number of halogens is 1. The number of alkyl halides is 1. The van der Waals surface area contributed by atoms with Crippen molar-refractivity contribution in [3.8, 4) is 0 Å². The molecular formula is C14H19ClN2O. The van der Waals surface area contributed by atoms with E-state index in [1.165, 1.54) is 0 Å². The van der Waals surface area contributed by atoms with Crippen LogP contribution in [-0.2, 0) is 11.2 Å². The van der Waals surface area contributed by atoms with Crippen molar-refractivity contribution in [2.45, 2.75) is 26.3 Å².